The molecular weight excluding hydrogens is 440 g/mol. The molecule has 4 rings (SSSR count). The summed E-state index contributed by atoms with van der Waals surface area (Å²) in [5, 5.41) is 7.52. The van der Waals surface area contributed by atoms with E-state index in [2.05, 4.69) is 41.3 Å². The molecule has 138 valence electrons. The Hall–Kier alpha value is -3.04. The molecule has 0 atom stereocenters. The van der Waals surface area contributed by atoms with E-state index in [1.54, 1.807) is 47.7 Å². The number of rotatable bonds is 5. The summed E-state index contributed by atoms with van der Waals surface area (Å²) in [5.74, 6) is 0.367. The van der Waals surface area contributed by atoms with Crippen LogP contribution in [-0.2, 0) is 0 Å². The first kappa shape index (κ1) is 18.3. The number of hydrogen-bond donors (Lipinski definition) is 1. The number of pyridine rings is 2. The van der Waals surface area contributed by atoms with Crippen molar-refractivity contribution in [1.82, 2.24) is 24.7 Å². The Kier molecular flexibility index (Phi) is 5.45. The third-order valence-corrected chi connectivity index (χ3v) is 5.26. The number of carbonyl (C=O) groups excluding carboxylic acids is 1. The lowest BCUT2D eigenvalue weighted by atomic mass is 10.2. The van der Waals surface area contributed by atoms with Crippen molar-refractivity contribution in [3.63, 3.8) is 0 Å². The highest BCUT2D eigenvalue weighted by Gasteiger charge is 2.14. The summed E-state index contributed by atoms with van der Waals surface area (Å²) in [7, 11) is 0. The second-order valence-corrected chi connectivity index (χ2v) is 7.59. The standard InChI is InChI=1S/C19H13BrN6OS/c20-13-3-6-15(7-4-13)28-19-16(2-1-9-22-19)18(27)25-14-5-8-17(23-10-14)26-12-21-11-24-26/h1-12H,(H,25,27). The van der Waals surface area contributed by atoms with Crippen LogP contribution in [0.5, 0.6) is 0 Å². The van der Waals surface area contributed by atoms with E-state index < -0.39 is 0 Å². The van der Waals surface area contributed by atoms with E-state index in [0.717, 1.165) is 9.37 Å². The van der Waals surface area contributed by atoms with Crippen molar-refractivity contribution in [2.24, 2.45) is 0 Å². The second-order valence-electron chi connectivity index (χ2n) is 5.61. The van der Waals surface area contributed by atoms with Crippen LogP contribution >= 0.6 is 27.7 Å². The zero-order valence-electron chi connectivity index (χ0n) is 14.4. The van der Waals surface area contributed by atoms with Crippen LogP contribution in [0.25, 0.3) is 5.82 Å². The fourth-order valence-electron chi connectivity index (χ4n) is 2.38. The number of benzene rings is 1. The van der Waals surface area contributed by atoms with Gasteiger partial charge in [-0.2, -0.15) is 5.10 Å². The average molecular weight is 453 g/mol. The molecule has 0 spiro atoms. The molecule has 0 aliphatic rings. The summed E-state index contributed by atoms with van der Waals surface area (Å²) in [6.45, 7) is 0. The lowest BCUT2D eigenvalue weighted by Crippen LogP contribution is -2.14. The normalized spacial score (nSPS) is 10.6. The molecule has 0 saturated carbocycles. The van der Waals surface area contributed by atoms with E-state index in [1.807, 2.05) is 24.3 Å². The van der Waals surface area contributed by atoms with Crippen molar-refractivity contribution in [2.45, 2.75) is 9.92 Å². The number of nitrogens with one attached hydrogen (secondary N) is 1. The number of nitrogens with zero attached hydrogens (tertiary/aromatic N) is 5. The molecule has 3 heterocycles. The number of carbonyl (C=O) groups is 1. The van der Waals surface area contributed by atoms with Gasteiger partial charge in [0.15, 0.2) is 5.82 Å². The maximum absolute atomic E-state index is 12.8. The molecular formula is C19H13BrN6OS. The summed E-state index contributed by atoms with van der Waals surface area (Å²) in [6.07, 6.45) is 6.24. The lowest BCUT2D eigenvalue weighted by molar-refractivity contribution is 0.102. The highest BCUT2D eigenvalue weighted by molar-refractivity contribution is 9.10. The Morgan fingerprint density at radius 2 is 1.93 bits per heavy atom. The van der Waals surface area contributed by atoms with Gasteiger partial charge in [0.2, 0.25) is 0 Å². The lowest BCUT2D eigenvalue weighted by Gasteiger charge is -2.09. The molecule has 3 aromatic heterocycles. The first-order chi connectivity index (χ1) is 13.7. The molecule has 0 bridgehead atoms. The van der Waals surface area contributed by atoms with Gasteiger partial charge in [0, 0.05) is 15.6 Å². The van der Waals surface area contributed by atoms with E-state index in [4.69, 9.17) is 0 Å². The quantitative estimate of drug-likeness (QED) is 0.487. The van der Waals surface area contributed by atoms with Crippen molar-refractivity contribution < 1.29 is 4.79 Å². The number of amides is 1. The van der Waals surface area contributed by atoms with E-state index in [0.29, 0.717) is 22.1 Å². The van der Waals surface area contributed by atoms with Crippen molar-refractivity contribution in [2.75, 3.05) is 5.32 Å². The second kappa shape index (κ2) is 8.32. The molecule has 1 aromatic carbocycles. The van der Waals surface area contributed by atoms with Crippen molar-refractivity contribution in [3.8, 4) is 5.82 Å². The molecule has 0 saturated heterocycles. The zero-order valence-corrected chi connectivity index (χ0v) is 16.8. The minimum Gasteiger partial charge on any atom is -0.321 e. The molecule has 0 fully saturated rings. The topological polar surface area (TPSA) is 85.6 Å². The Labute approximate surface area is 173 Å². The van der Waals surface area contributed by atoms with Gasteiger partial charge in [0.25, 0.3) is 5.91 Å². The predicted octanol–water partition coefficient (Wildman–Crippen LogP) is 4.22. The van der Waals surface area contributed by atoms with Crippen molar-refractivity contribution in [1.29, 1.82) is 0 Å². The molecule has 4 aromatic rings. The smallest absolute Gasteiger partial charge is 0.258 e. The first-order valence-electron chi connectivity index (χ1n) is 8.20. The maximum Gasteiger partial charge on any atom is 0.258 e. The van der Waals surface area contributed by atoms with Gasteiger partial charge < -0.3 is 5.32 Å². The van der Waals surface area contributed by atoms with Crippen LogP contribution in [0, 0.1) is 0 Å². The summed E-state index contributed by atoms with van der Waals surface area (Å²) in [5.41, 5.74) is 1.08. The Morgan fingerprint density at radius 3 is 2.64 bits per heavy atom. The molecule has 0 aliphatic carbocycles. The maximum atomic E-state index is 12.8. The number of halogens is 1. The van der Waals surface area contributed by atoms with Crippen LogP contribution in [0.15, 0.2) is 88.0 Å². The van der Waals surface area contributed by atoms with Gasteiger partial charge in [-0.3, -0.25) is 4.79 Å². The molecule has 0 aliphatic heterocycles. The van der Waals surface area contributed by atoms with E-state index >= 15 is 0 Å². The largest absolute Gasteiger partial charge is 0.321 e. The first-order valence-corrected chi connectivity index (χ1v) is 9.81. The van der Waals surface area contributed by atoms with Crippen molar-refractivity contribution >= 4 is 39.3 Å². The van der Waals surface area contributed by atoms with Crippen LogP contribution in [0.3, 0.4) is 0 Å². The monoisotopic (exact) mass is 452 g/mol. The Balaban J connectivity index is 1.51. The average Bonchev–Trinajstić information content (AvgIpc) is 3.25. The zero-order chi connectivity index (χ0) is 19.3. The molecule has 1 N–H and O–H groups in total. The third-order valence-electron chi connectivity index (χ3n) is 3.70. The fraction of sp³-hybridized carbons (Fsp3) is 0. The van der Waals surface area contributed by atoms with Crippen LogP contribution in [-0.4, -0.2) is 30.6 Å². The van der Waals surface area contributed by atoms with Crippen LogP contribution in [0.2, 0.25) is 0 Å². The van der Waals surface area contributed by atoms with E-state index in [1.165, 1.54) is 18.1 Å². The molecule has 28 heavy (non-hydrogen) atoms. The molecule has 9 heteroatoms. The number of aromatic nitrogens is 5. The van der Waals surface area contributed by atoms with Crippen LogP contribution in [0.1, 0.15) is 10.4 Å². The van der Waals surface area contributed by atoms with Gasteiger partial charge in [0.1, 0.15) is 17.7 Å². The molecule has 0 radical (unpaired) electrons. The van der Waals surface area contributed by atoms with Gasteiger partial charge in [-0.25, -0.2) is 19.6 Å². The SMILES string of the molecule is O=C(Nc1ccc(-n2cncn2)nc1)c1cccnc1Sc1ccc(Br)cc1. The number of anilines is 1. The van der Waals surface area contributed by atoms with Gasteiger partial charge in [-0.05, 0) is 48.5 Å². The minimum absolute atomic E-state index is 0.247. The van der Waals surface area contributed by atoms with E-state index in [9.17, 15) is 4.79 Å². The summed E-state index contributed by atoms with van der Waals surface area (Å²) in [6, 6.07) is 14.9. The minimum atomic E-state index is -0.247. The summed E-state index contributed by atoms with van der Waals surface area (Å²) < 4.78 is 2.54. The van der Waals surface area contributed by atoms with Crippen LogP contribution in [0.4, 0.5) is 5.69 Å². The van der Waals surface area contributed by atoms with Crippen molar-refractivity contribution in [3.05, 3.63) is 83.6 Å². The number of hydrogen-bond acceptors (Lipinski definition) is 6. The highest BCUT2D eigenvalue weighted by Crippen LogP contribution is 2.30. The van der Waals surface area contributed by atoms with Crippen LogP contribution < -0.4 is 5.32 Å². The van der Waals surface area contributed by atoms with Gasteiger partial charge in [0.05, 0.1) is 17.4 Å². The highest BCUT2D eigenvalue weighted by atomic mass is 79.9. The van der Waals surface area contributed by atoms with E-state index in [-0.39, 0.29) is 5.91 Å². The Morgan fingerprint density at radius 1 is 1.07 bits per heavy atom. The van der Waals surface area contributed by atoms with Gasteiger partial charge >= 0.3 is 0 Å². The molecule has 7 nitrogen and oxygen atoms in total. The predicted molar refractivity (Wildman–Crippen MR) is 110 cm³/mol. The Bertz CT molecular complexity index is 1080. The third kappa shape index (κ3) is 4.26. The fourth-order valence-corrected chi connectivity index (χ4v) is 3.52. The summed E-state index contributed by atoms with van der Waals surface area (Å²) >= 11 is 4.86. The summed E-state index contributed by atoms with van der Waals surface area (Å²) in [4.78, 5) is 26.3. The molecule has 0 unspecified atom stereocenters. The molecule has 1 amide bonds. The van der Waals surface area contributed by atoms with Gasteiger partial charge in [-0.1, -0.05) is 27.7 Å². The van der Waals surface area contributed by atoms with Gasteiger partial charge in [-0.15, -0.1) is 0 Å².